The van der Waals surface area contributed by atoms with Crippen molar-refractivity contribution in [1.29, 1.82) is 0 Å². The Balaban J connectivity index is 2.28. The SMILES string of the molecule is CO[C@]1(C)C[C@H](OC2[C@@H](C)C(=O)O[C@H]([C@@H](C)C(=O)O)[C@H](C)[C@H](OC(C)=O)[C@@H](C)C(=O)[C@@](C)(O)C[C@H](C)[C@H](O[C@@H]3O[C@H](C)C[C@](O)(C(C)=O)[C@H]3O)[C@H]2C)O[C@@H](C)[C@H]1OC(C)=O. The predicted molar refractivity (Wildman–Crippen MR) is 209 cm³/mol. The van der Waals surface area contributed by atoms with E-state index in [1.165, 1.54) is 48.7 Å². The topological polar surface area (TPSA) is 257 Å². The molecule has 18 heteroatoms. The summed E-state index contributed by atoms with van der Waals surface area (Å²) < 4.78 is 48.5. The first-order chi connectivity index (χ1) is 27.5. The molecular formula is C42H68O18. The Hall–Kier alpha value is -3.10. The summed E-state index contributed by atoms with van der Waals surface area (Å²) in [4.78, 5) is 78.5. The Kier molecular flexibility index (Phi) is 17.0. The van der Waals surface area contributed by atoms with Gasteiger partial charge in [-0.3, -0.25) is 28.8 Å². The third-order valence-electron chi connectivity index (χ3n) is 12.7. The van der Waals surface area contributed by atoms with Gasteiger partial charge in [0.1, 0.15) is 29.5 Å². The number of ketones is 2. The number of carbonyl (C=O) groups is 6. The average Bonchev–Trinajstić information content (AvgIpc) is 3.14. The van der Waals surface area contributed by atoms with Crippen LogP contribution in [0.1, 0.15) is 109 Å². The van der Waals surface area contributed by atoms with E-state index in [1.807, 2.05) is 0 Å². The lowest BCUT2D eigenvalue weighted by atomic mass is 9.74. The van der Waals surface area contributed by atoms with Crippen LogP contribution in [0.25, 0.3) is 0 Å². The number of hydrogen-bond acceptors (Lipinski definition) is 17. The van der Waals surface area contributed by atoms with Crippen molar-refractivity contribution in [2.24, 2.45) is 35.5 Å². The summed E-state index contributed by atoms with van der Waals surface area (Å²) in [5, 5.41) is 44.9. The molecule has 3 saturated heterocycles. The highest BCUT2D eigenvalue weighted by molar-refractivity contribution is 5.89. The fourth-order valence-corrected chi connectivity index (χ4v) is 9.27. The molecule has 3 fully saturated rings. The Labute approximate surface area is 352 Å². The second-order valence-corrected chi connectivity index (χ2v) is 17.9. The summed E-state index contributed by atoms with van der Waals surface area (Å²) in [6.45, 7) is 18.7. The van der Waals surface area contributed by atoms with Crippen LogP contribution in [0.3, 0.4) is 0 Å². The Morgan fingerprint density at radius 1 is 0.783 bits per heavy atom. The van der Waals surface area contributed by atoms with Gasteiger partial charge in [0.05, 0.1) is 42.2 Å². The first-order valence-corrected chi connectivity index (χ1v) is 20.7. The highest BCUT2D eigenvalue weighted by Gasteiger charge is 2.55. The van der Waals surface area contributed by atoms with E-state index in [1.54, 1.807) is 34.6 Å². The Morgan fingerprint density at radius 2 is 1.37 bits per heavy atom. The average molecular weight is 861 g/mol. The normalized spacial score (nSPS) is 44.1. The zero-order chi connectivity index (χ0) is 46.0. The number of aliphatic hydroxyl groups excluding tert-OH is 1. The number of ether oxygens (including phenoxy) is 8. The van der Waals surface area contributed by atoms with E-state index in [4.69, 9.17) is 37.9 Å². The van der Waals surface area contributed by atoms with E-state index in [2.05, 4.69) is 0 Å². The second-order valence-electron chi connectivity index (χ2n) is 17.9. The van der Waals surface area contributed by atoms with Crippen LogP contribution in [0.2, 0.25) is 0 Å². The monoisotopic (exact) mass is 860 g/mol. The van der Waals surface area contributed by atoms with E-state index < -0.39 is 149 Å². The van der Waals surface area contributed by atoms with Crippen molar-refractivity contribution in [2.45, 2.75) is 187 Å². The molecule has 0 saturated carbocycles. The van der Waals surface area contributed by atoms with Gasteiger partial charge in [0.2, 0.25) is 0 Å². The molecule has 344 valence electrons. The molecule has 0 aliphatic carbocycles. The first-order valence-electron chi connectivity index (χ1n) is 20.7. The molecular weight excluding hydrogens is 792 g/mol. The molecule has 0 radical (unpaired) electrons. The minimum Gasteiger partial charge on any atom is -0.481 e. The molecule has 18 nitrogen and oxygen atoms in total. The van der Waals surface area contributed by atoms with Crippen molar-refractivity contribution in [3.63, 3.8) is 0 Å². The molecule has 3 aliphatic rings. The summed E-state index contributed by atoms with van der Waals surface area (Å²) in [5.41, 5.74) is -5.56. The summed E-state index contributed by atoms with van der Waals surface area (Å²) in [6, 6.07) is 0. The molecule has 0 amide bonds. The lowest BCUT2D eigenvalue weighted by molar-refractivity contribution is -0.319. The third-order valence-corrected chi connectivity index (χ3v) is 12.7. The van der Waals surface area contributed by atoms with Crippen molar-refractivity contribution in [2.75, 3.05) is 7.11 Å². The molecule has 1 unspecified atom stereocenters. The van der Waals surface area contributed by atoms with Gasteiger partial charge in [-0.1, -0.05) is 27.7 Å². The molecule has 0 bridgehead atoms. The Bertz CT molecular complexity index is 1570. The van der Waals surface area contributed by atoms with Gasteiger partial charge in [-0.15, -0.1) is 0 Å². The molecule has 0 aromatic carbocycles. The van der Waals surface area contributed by atoms with E-state index in [-0.39, 0.29) is 19.3 Å². The molecule has 0 aromatic heterocycles. The van der Waals surface area contributed by atoms with Gasteiger partial charge >= 0.3 is 23.9 Å². The number of rotatable bonds is 10. The van der Waals surface area contributed by atoms with Gasteiger partial charge < -0.3 is 58.3 Å². The first kappa shape index (κ1) is 51.3. The van der Waals surface area contributed by atoms with Crippen LogP contribution in [0.15, 0.2) is 0 Å². The smallest absolute Gasteiger partial charge is 0.311 e. The summed E-state index contributed by atoms with van der Waals surface area (Å²) >= 11 is 0. The van der Waals surface area contributed by atoms with Crippen LogP contribution in [0.4, 0.5) is 0 Å². The number of aliphatic carboxylic acids is 1. The summed E-state index contributed by atoms with van der Waals surface area (Å²) in [7, 11) is 1.43. The van der Waals surface area contributed by atoms with Crippen molar-refractivity contribution in [1.82, 2.24) is 0 Å². The molecule has 3 aliphatic heterocycles. The molecule has 4 N–H and O–H groups in total. The van der Waals surface area contributed by atoms with E-state index in [0.29, 0.717) is 0 Å². The fraction of sp³-hybridized carbons (Fsp3) is 0.857. The van der Waals surface area contributed by atoms with Gasteiger partial charge in [-0.2, -0.15) is 0 Å². The maximum absolute atomic E-state index is 14.5. The standard InChI is InChI=1S/C42H68O18/c1-18-15-40(12,51)34(46)22(5)31(56-27(10)44)21(4)32(23(6)37(48)49)59-38(50)24(7)33(58-29-17-41(13,53-14)36(25(8)55-29)57-28(11)45)20(3)30(18)60-39-35(47)42(52,26(9)43)16-19(2)54-39/h18-25,29-33,35-36,39,47,51-52H,15-17H2,1-14H3,(H,48,49)/t18-,19+,20+,21+,22+,23+,24+,25-,29-,30-,31-,32-,33?,35-,36+,39-,40-,41+,42-/m0/s1. The van der Waals surface area contributed by atoms with Gasteiger partial charge in [-0.25, -0.2) is 0 Å². The number of Topliss-reactive ketones (excluding diaryl/α,β-unsaturated/α-hetero) is 2. The number of methoxy groups -OCH3 is 1. The molecule has 3 rings (SSSR count). The van der Waals surface area contributed by atoms with E-state index in [0.717, 1.165) is 13.8 Å². The van der Waals surface area contributed by atoms with Gasteiger partial charge in [0.25, 0.3) is 0 Å². The molecule has 3 heterocycles. The quantitative estimate of drug-likeness (QED) is 0.182. The number of aliphatic hydroxyl groups is 3. The lowest BCUT2D eigenvalue weighted by Crippen LogP contribution is -2.62. The largest absolute Gasteiger partial charge is 0.481 e. The number of hydrogen-bond donors (Lipinski definition) is 4. The fourth-order valence-electron chi connectivity index (χ4n) is 9.27. The van der Waals surface area contributed by atoms with Crippen LogP contribution in [-0.2, 0) is 66.7 Å². The molecule has 60 heavy (non-hydrogen) atoms. The van der Waals surface area contributed by atoms with Crippen molar-refractivity contribution < 1.29 is 87.1 Å². The molecule has 19 atom stereocenters. The number of esters is 3. The van der Waals surface area contributed by atoms with Gasteiger partial charge in [0, 0.05) is 45.6 Å². The van der Waals surface area contributed by atoms with Crippen LogP contribution in [0.5, 0.6) is 0 Å². The van der Waals surface area contributed by atoms with Crippen LogP contribution in [0, 0.1) is 35.5 Å². The maximum atomic E-state index is 14.5. The van der Waals surface area contributed by atoms with Crippen LogP contribution in [-0.4, -0.2) is 141 Å². The lowest BCUT2D eigenvalue weighted by Gasteiger charge is -2.48. The predicted octanol–water partition coefficient (Wildman–Crippen LogP) is 2.51. The highest BCUT2D eigenvalue weighted by Crippen LogP contribution is 2.41. The molecule has 0 spiro atoms. The van der Waals surface area contributed by atoms with Crippen LogP contribution >= 0.6 is 0 Å². The van der Waals surface area contributed by atoms with Crippen LogP contribution < -0.4 is 0 Å². The van der Waals surface area contributed by atoms with Gasteiger partial charge in [-0.05, 0) is 60.8 Å². The van der Waals surface area contributed by atoms with Crippen molar-refractivity contribution in [3.05, 3.63) is 0 Å². The summed E-state index contributed by atoms with van der Waals surface area (Å²) in [6.07, 6.45) is -13.0. The second kappa shape index (κ2) is 19.9. The van der Waals surface area contributed by atoms with E-state index in [9.17, 15) is 49.2 Å². The van der Waals surface area contributed by atoms with Crippen molar-refractivity contribution >= 4 is 35.4 Å². The zero-order valence-electron chi connectivity index (χ0n) is 37.4. The number of cyclic esters (lactones) is 1. The zero-order valence-corrected chi connectivity index (χ0v) is 37.4. The summed E-state index contributed by atoms with van der Waals surface area (Å²) in [5.74, 6) is -11.9. The maximum Gasteiger partial charge on any atom is 0.311 e. The highest BCUT2D eigenvalue weighted by atomic mass is 16.7. The number of carbonyl (C=O) groups excluding carboxylic acids is 5. The van der Waals surface area contributed by atoms with Gasteiger partial charge in [0.15, 0.2) is 35.9 Å². The number of carboxylic acids is 1. The Morgan fingerprint density at radius 3 is 1.88 bits per heavy atom. The van der Waals surface area contributed by atoms with E-state index >= 15 is 0 Å². The molecule has 0 aromatic rings. The minimum absolute atomic E-state index is 0.0215. The number of carboxylic acid groups (broad SMARTS) is 1. The minimum atomic E-state index is -2.26. The van der Waals surface area contributed by atoms with Crippen molar-refractivity contribution in [3.8, 4) is 0 Å². The third kappa shape index (κ3) is 11.3.